The lowest BCUT2D eigenvalue weighted by Crippen LogP contribution is -2.22. The third-order valence-corrected chi connectivity index (χ3v) is 3.73. The highest BCUT2D eigenvalue weighted by Gasteiger charge is 2.13. The van der Waals surface area contributed by atoms with Crippen LogP contribution in [0.2, 0.25) is 0 Å². The number of halogens is 2. The van der Waals surface area contributed by atoms with Crippen LogP contribution in [0, 0.1) is 5.82 Å². The van der Waals surface area contributed by atoms with Gasteiger partial charge in [0.05, 0.1) is 11.6 Å². The monoisotopic (exact) mass is 388 g/mol. The van der Waals surface area contributed by atoms with Gasteiger partial charge in [-0.2, -0.15) is 10.2 Å². The number of aromatic nitrogens is 2. The number of hydrazone groups is 1. The van der Waals surface area contributed by atoms with E-state index < -0.39 is 11.7 Å². The van der Waals surface area contributed by atoms with Crippen molar-refractivity contribution in [2.45, 2.75) is 0 Å². The number of fused-ring (bicyclic) bond motifs is 1. The smallest absolute Gasteiger partial charge is 0.267 e. The maximum Gasteiger partial charge on any atom is 0.292 e. The molecule has 3 aromatic rings. The molecule has 0 fully saturated rings. The molecular weight excluding hydrogens is 379 g/mol. The van der Waals surface area contributed by atoms with Crippen LogP contribution in [0.1, 0.15) is 16.1 Å². The van der Waals surface area contributed by atoms with Crippen molar-refractivity contribution in [1.82, 2.24) is 15.6 Å². The first-order valence-corrected chi connectivity index (χ1v) is 7.61. The highest BCUT2D eigenvalue weighted by atomic mass is 79.9. The van der Waals surface area contributed by atoms with Gasteiger partial charge in [-0.05, 0) is 24.3 Å². The molecule has 0 aliphatic carbocycles. The van der Waals surface area contributed by atoms with Crippen LogP contribution in [0.15, 0.2) is 56.8 Å². The first-order valence-electron chi connectivity index (χ1n) is 6.82. The molecule has 24 heavy (non-hydrogen) atoms. The number of rotatable bonds is 3. The third-order valence-electron chi connectivity index (χ3n) is 3.24. The summed E-state index contributed by atoms with van der Waals surface area (Å²) in [6.45, 7) is 0. The molecule has 0 saturated heterocycles. The van der Waals surface area contributed by atoms with Crippen molar-refractivity contribution in [3.05, 3.63) is 74.4 Å². The van der Waals surface area contributed by atoms with Gasteiger partial charge in [-0.1, -0.05) is 34.1 Å². The first-order chi connectivity index (χ1) is 11.6. The molecule has 1 amide bonds. The molecule has 1 aromatic heterocycles. The van der Waals surface area contributed by atoms with Crippen LogP contribution < -0.4 is 11.0 Å². The Balaban J connectivity index is 1.86. The summed E-state index contributed by atoms with van der Waals surface area (Å²) in [4.78, 5) is 23.9. The fourth-order valence-electron chi connectivity index (χ4n) is 2.11. The Morgan fingerprint density at radius 1 is 1.25 bits per heavy atom. The zero-order chi connectivity index (χ0) is 17.1. The van der Waals surface area contributed by atoms with Gasteiger partial charge in [0.2, 0.25) is 0 Å². The van der Waals surface area contributed by atoms with Crippen LogP contribution in [-0.2, 0) is 0 Å². The molecule has 120 valence electrons. The lowest BCUT2D eigenvalue weighted by atomic mass is 10.1. The minimum absolute atomic E-state index is 0.0251. The Labute approximate surface area is 143 Å². The molecule has 8 heteroatoms. The summed E-state index contributed by atoms with van der Waals surface area (Å²) in [6.07, 6.45) is 1.19. The number of hydrogen-bond acceptors (Lipinski definition) is 4. The van der Waals surface area contributed by atoms with Gasteiger partial charge < -0.3 is 0 Å². The predicted octanol–water partition coefficient (Wildman–Crippen LogP) is 2.59. The van der Waals surface area contributed by atoms with E-state index in [2.05, 4.69) is 36.7 Å². The maximum atomic E-state index is 13.6. The molecule has 0 radical (unpaired) electrons. The van der Waals surface area contributed by atoms with E-state index in [0.29, 0.717) is 15.2 Å². The van der Waals surface area contributed by atoms with Gasteiger partial charge in [0.15, 0.2) is 5.69 Å². The normalized spacial score (nSPS) is 11.1. The number of nitrogens with zero attached hydrogens (tertiary/aromatic N) is 2. The predicted molar refractivity (Wildman–Crippen MR) is 91.5 cm³/mol. The Kier molecular flexibility index (Phi) is 4.48. The Bertz CT molecular complexity index is 1020. The lowest BCUT2D eigenvalue weighted by molar-refractivity contribution is 0.0951. The zero-order valence-electron chi connectivity index (χ0n) is 12.1. The number of H-pyrrole nitrogens is 1. The molecule has 1 heterocycles. The molecule has 0 saturated carbocycles. The number of hydrogen-bond donors (Lipinski definition) is 2. The van der Waals surface area contributed by atoms with Gasteiger partial charge >= 0.3 is 0 Å². The number of amides is 1. The second kappa shape index (κ2) is 6.71. The number of benzene rings is 2. The topological polar surface area (TPSA) is 87.2 Å². The van der Waals surface area contributed by atoms with Crippen molar-refractivity contribution in [2.75, 3.05) is 0 Å². The van der Waals surface area contributed by atoms with Crippen LogP contribution >= 0.6 is 15.9 Å². The van der Waals surface area contributed by atoms with Crippen molar-refractivity contribution < 1.29 is 9.18 Å². The Hall–Kier alpha value is -2.87. The van der Waals surface area contributed by atoms with Gasteiger partial charge in [0.1, 0.15) is 5.82 Å². The van der Waals surface area contributed by atoms with Gasteiger partial charge in [-0.3, -0.25) is 9.59 Å². The molecule has 3 rings (SSSR count). The van der Waals surface area contributed by atoms with E-state index in [4.69, 9.17) is 0 Å². The van der Waals surface area contributed by atoms with E-state index in [1.165, 1.54) is 18.3 Å². The van der Waals surface area contributed by atoms with Crippen molar-refractivity contribution >= 4 is 38.8 Å². The van der Waals surface area contributed by atoms with Gasteiger partial charge in [-0.15, -0.1) is 0 Å². The average molecular weight is 389 g/mol. The van der Waals surface area contributed by atoms with Crippen molar-refractivity contribution in [3.63, 3.8) is 0 Å². The first kappa shape index (κ1) is 16.0. The Morgan fingerprint density at radius 2 is 2.00 bits per heavy atom. The van der Waals surface area contributed by atoms with E-state index in [1.54, 1.807) is 30.3 Å². The Morgan fingerprint density at radius 3 is 2.79 bits per heavy atom. The second-order valence-electron chi connectivity index (χ2n) is 4.81. The van der Waals surface area contributed by atoms with E-state index in [1.807, 2.05) is 0 Å². The summed E-state index contributed by atoms with van der Waals surface area (Å²) in [6, 6.07) is 11.0. The number of aromatic amines is 1. The summed E-state index contributed by atoms with van der Waals surface area (Å²) < 4.78 is 14.3. The van der Waals surface area contributed by atoms with E-state index in [-0.39, 0.29) is 16.8 Å². The number of carbonyl (C=O) groups is 1. The van der Waals surface area contributed by atoms with E-state index in [9.17, 15) is 14.0 Å². The van der Waals surface area contributed by atoms with Crippen molar-refractivity contribution in [2.24, 2.45) is 5.10 Å². The van der Waals surface area contributed by atoms with Crippen LogP contribution in [0.3, 0.4) is 0 Å². The van der Waals surface area contributed by atoms with E-state index in [0.717, 1.165) is 0 Å². The summed E-state index contributed by atoms with van der Waals surface area (Å²) >= 11 is 3.23. The second-order valence-corrected chi connectivity index (χ2v) is 5.73. The van der Waals surface area contributed by atoms with E-state index >= 15 is 0 Å². The number of nitrogens with one attached hydrogen (secondary N) is 2. The van der Waals surface area contributed by atoms with Crippen molar-refractivity contribution in [3.8, 4) is 0 Å². The maximum absolute atomic E-state index is 13.6. The van der Waals surface area contributed by atoms with Gasteiger partial charge in [-0.25, -0.2) is 14.9 Å². The zero-order valence-corrected chi connectivity index (χ0v) is 13.7. The average Bonchev–Trinajstić information content (AvgIpc) is 2.58. The van der Waals surface area contributed by atoms with Crippen LogP contribution in [0.5, 0.6) is 0 Å². The van der Waals surface area contributed by atoms with Crippen molar-refractivity contribution in [1.29, 1.82) is 0 Å². The minimum Gasteiger partial charge on any atom is -0.267 e. The third kappa shape index (κ3) is 3.23. The highest BCUT2D eigenvalue weighted by Crippen LogP contribution is 2.14. The molecule has 0 aliphatic rings. The molecule has 2 aromatic carbocycles. The van der Waals surface area contributed by atoms with Crippen LogP contribution in [0.4, 0.5) is 4.39 Å². The minimum atomic E-state index is -0.617. The molecule has 0 aliphatic heterocycles. The molecule has 2 N–H and O–H groups in total. The summed E-state index contributed by atoms with van der Waals surface area (Å²) in [5.41, 5.74) is 2.12. The summed E-state index contributed by atoms with van der Waals surface area (Å²) in [7, 11) is 0. The van der Waals surface area contributed by atoms with Crippen LogP contribution in [-0.4, -0.2) is 22.3 Å². The molecule has 0 bridgehead atoms. The number of carbonyl (C=O) groups excluding carboxylic acids is 1. The molecule has 6 nitrogen and oxygen atoms in total. The fraction of sp³-hybridized carbons (Fsp3) is 0. The van der Waals surface area contributed by atoms with Gasteiger partial charge in [0.25, 0.3) is 11.5 Å². The molecule has 0 spiro atoms. The quantitative estimate of drug-likeness (QED) is 0.533. The molecular formula is C16H10BrFN4O2. The SMILES string of the molecule is O=C(N/N=C\c1cc(Br)ccc1F)c1n[nH]c(=O)c2ccccc12. The van der Waals surface area contributed by atoms with Gasteiger partial charge in [0, 0.05) is 15.4 Å². The largest absolute Gasteiger partial charge is 0.292 e. The molecule has 0 atom stereocenters. The highest BCUT2D eigenvalue weighted by molar-refractivity contribution is 9.10. The van der Waals surface area contributed by atoms with Crippen LogP contribution in [0.25, 0.3) is 10.8 Å². The lowest BCUT2D eigenvalue weighted by Gasteiger charge is -2.03. The standard InChI is InChI=1S/C16H10BrFN4O2/c17-10-5-6-13(18)9(7-10)8-19-21-16(24)14-11-3-1-2-4-12(11)15(23)22-20-14/h1-8H,(H,21,24)(H,22,23)/b19-8-. The molecule has 0 unspecified atom stereocenters. The fourth-order valence-corrected chi connectivity index (χ4v) is 2.49. The summed E-state index contributed by atoms with van der Waals surface area (Å²) in [5, 5.41) is 10.5. The summed E-state index contributed by atoms with van der Waals surface area (Å²) in [5.74, 6) is -1.09.